The van der Waals surface area contributed by atoms with E-state index in [0.29, 0.717) is 16.3 Å². The van der Waals surface area contributed by atoms with E-state index in [9.17, 15) is 27.9 Å². The molecule has 1 amide bonds. The monoisotopic (exact) mass is 586 g/mol. The number of alkyl halides is 3. The maximum absolute atomic E-state index is 13.1. The molecular formula is C24H18ClF3N10O3. The molecule has 0 aliphatic heterocycles. The first-order chi connectivity index (χ1) is 19.6. The number of anilines is 1. The quantitative estimate of drug-likeness (QED) is 0.278. The summed E-state index contributed by atoms with van der Waals surface area (Å²) in [6.07, 6.45) is -0.929. The molecule has 210 valence electrons. The third-order valence-electron chi connectivity index (χ3n) is 5.65. The van der Waals surface area contributed by atoms with E-state index < -0.39 is 30.4 Å². The minimum atomic E-state index is -4.96. The minimum Gasteiger partial charge on any atom is -0.382 e. The van der Waals surface area contributed by atoms with Gasteiger partial charge in [-0.25, -0.2) is 29.1 Å². The molecule has 0 saturated heterocycles. The molecule has 0 fully saturated rings. The Hall–Kier alpha value is -4.96. The Morgan fingerprint density at radius 1 is 1.05 bits per heavy atom. The van der Waals surface area contributed by atoms with Crippen molar-refractivity contribution in [3.05, 3.63) is 94.5 Å². The summed E-state index contributed by atoms with van der Waals surface area (Å²) in [5.74, 6) is -0.472. The van der Waals surface area contributed by atoms with Crippen LogP contribution in [0.3, 0.4) is 0 Å². The number of benzene rings is 1. The summed E-state index contributed by atoms with van der Waals surface area (Å²) in [5, 5.41) is 21.1. The second kappa shape index (κ2) is 11.3. The second-order valence-corrected chi connectivity index (χ2v) is 8.90. The van der Waals surface area contributed by atoms with Crippen LogP contribution in [0, 0.1) is 0 Å². The lowest BCUT2D eigenvalue weighted by Gasteiger charge is -2.15. The lowest BCUT2D eigenvalue weighted by molar-refractivity contribution is -0.207. The van der Waals surface area contributed by atoms with Crippen molar-refractivity contribution in [2.24, 2.45) is 0 Å². The summed E-state index contributed by atoms with van der Waals surface area (Å²) in [6.45, 7) is -1.39. The van der Waals surface area contributed by atoms with Crippen LogP contribution in [0.2, 0.25) is 5.02 Å². The molecule has 0 bridgehead atoms. The normalized spacial score (nSPS) is 12.3. The Morgan fingerprint density at radius 2 is 1.83 bits per heavy atom. The lowest BCUT2D eigenvalue weighted by Crippen LogP contribution is -2.37. The fraction of sp³-hybridized carbons (Fsp3) is 0.167. The third-order valence-corrected chi connectivity index (χ3v) is 5.90. The molecule has 13 nitrogen and oxygen atoms in total. The average Bonchev–Trinajstić information content (AvgIpc) is 3.54. The molecule has 0 saturated carbocycles. The van der Waals surface area contributed by atoms with Crippen LogP contribution in [0.1, 0.15) is 16.3 Å². The van der Waals surface area contributed by atoms with E-state index in [1.807, 2.05) is 0 Å². The molecule has 41 heavy (non-hydrogen) atoms. The zero-order valence-electron chi connectivity index (χ0n) is 20.6. The van der Waals surface area contributed by atoms with Gasteiger partial charge in [0, 0.05) is 29.2 Å². The molecule has 0 aliphatic carbocycles. The van der Waals surface area contributed by atoms with Crippen molar-refractivity contribution >= 4 is 23.3 Å². The van der Waals surface area contributed by atoms with Gasteiger partial charge in [0.1, 0.15) is 24.3 Å². The smallest absolute Gasteiger partial charge is 0.382 e. The van der Waals surface area contributed by atoms with Crippen LogP contribution in [0.15, 0.2) is 72.3 Å². The maximum atomic E-state index is 13.1. The molecule has 0 spiro atoms. The van der Waals surface area contributed by atoms with Crippen molar-refractivity contribution < 1.29 is 23.1 Å². The number of carbonyl (C=O) groups is 1. The molecule has 2 N–H and O–H groups in total. The molecular weight excluding hydrogens is 569 g/mol. The van der Waals surface area contributed by atoms with Crippen molar-refractivity contribution in [3.8, 4) is 17.1 Å². The predicted octanol–water partition coefficient (Wildman–Crippen LogP) is 2.35. The number of rotatable bonds is 8. The molecule has 1 atom stereocenters. The zero-order valence-corrected chi connectivity index (χ0v) is 21.4. The number of carbonyl (C=O) groups excluding carboxylic acids is 1. The number of nitrogens with one attached hydrogen (secondary N) is 1. The first kappa shape index (κ1) is 27.6. The molecule has 17 heteroatoms. The molecule has 4 aromatic heterocycles. The van der Waals surface area contributed by atoms with Gasteiger partial charge in [-0.1, -0.05) is 11.6 Å². The van der Waals surface area contributed by atoms with Gasteiger partial charge in [0.2, 0.25) is 0 Å². The molecule has 5 aromatic rings. The van der Waals surface area contributed by atoms with Gasteiger partial charge in [-0.2, -0.15) is 13.2 Å². The summed E-state index contributed by atoms with van der Waals surface area (Å²) < 4.78 is 42.2. The fourth-order valence-corrected chi connectivity index (χ4v) is 3.81. The minimum absolute atomic E-state index is 0.0606. The Bertz CT molecular complexity index is 1740. The van der Waals surface area contributed by atoms with Crippen LogP contribution < -0.4 is 11.0 Å². The van der Waals surface area contributed by atoms with E-state index in [4.69, 9.17) is 11.6 Å². The maximum Gasteiger partial charge on any atom is 0.416 e. The van der Waals surface area contributed by atoms with Gasteiger partial charge in [-0.05, 0) is 36.4 Å². The molecule has 0 unspecified atom stereocenters. The largest absolute Gasteiger partial charge is 0.416 e. The van der Waals surface area contributed by atoms with Crippen LogP contribution in [0.25, 0.3) is 17.1 Å². The number of hydrogen-bond acceptors (Lipinski definition) is 9. The van der Waals surface area contributed by atoms with Gasteiger partial charge < -0.3 is 10.4 Å². The lowest BCUT2D eigenvalue weighted by atomic mass is 10.2. The number of nitrogens with zero attached hydrogens (tertiary/aromatic N) is 9. The Balaban J connectivity index is 1.44. The van der Waals surface area contributed by atoms with E-state index in [1.54, 1.807) is 12.1 Å². The van der Waals surface area contributed by atoms with Gasteiger partial charge in [0.15, 0.2) is 23.6 Å². The standard InChI is InChI=1S/C24H18ClF3N10O3/c25-15-5-3-14(4-6-15)21-35-37(23(41)36(21)11-18(39)24(26,27)28)12-19-32-13-38(34-19)17-2-1-7-31-20(17)33-22(40)16-10-29-8-9-30-16/h1-10,13,18,39H,11-12H2,(H,31,33,40)/t18-/m0/s1. The summed E-state index contributed by atoms with van der Waals surface area (Å²) >= 11 is 5.91. The third kappa shape index (κ3) is 6.12. The van der Waals surface area contributed by atoms with Crippen molar-refractivity contribution in [1.82, 2.24) is 44.1 Å². The van der Waals surface area contributed by atoms with Gasteiger partial charge >= 0.3 is 11.9 Å². The predicted molar refractivity (Wildman–Crippen MR) is 137 cm³/mol. The first-order valence-corrected chi connectivity index (χ1v) is 12.1. The molecule has 5 rings (SSSR count). The Morgan fingerprint density at radius 3 is 2.54 bits per heavy atom. The van der Waals surface area contributed by atoms with E-state index in [0.717, 1.165) is 9.25 Å². The summed E-state index contributed by atoms with van der Waals surface area (Å²) in [5.41, 5.74) is -0.230. The molecule has 4 heterocycles. The van der Waals surface area contributed by atoms with Crippen molar-refractivity contribution in [2.75, 3.05) is 5.32 Å². The van der Waals surface area contributed by atoms with Crippen LogP contribution in [-0.2, 0) is 13.1 Å². The Kier molecular flexibility index (Phi) is 7.58. The second-order valence-electron chi connectivity index (χ2n) is 8.46. The Labute approximate surface area is 232 Å². The highest BCUT2D eigenvalue weighted by Gasteiger charge is 2.39. The number of aliphatic hydroxyl groups excluding tert-OH is 1. The highest BCUT2D eigenvalue weighted by Crippen LogP contribution is 2.24. The molecule has 1 aromatic carbocycles. The summed E-state index contributed by atoms with van der Waals surface area (Å²) in [4.78, 5) is 41.8. The van der Waals surface area contributed by atoms with Crippen LogP contribution >= 0.6 is 11.6 Å². The van der Waals surface area contributed by atoms with Gasteiger partial charge in [-0.3, -0.25) is 14.3 Å². The van der Waals surface area contributed by atoms with E-state index in [2.05, 4.69) is 35.5 Å². The van der Waals surface area contributed by atoms with Crippen LogP contribution in [-0.4, -0.2) is 67.4 Å². The number of aromatic nitrogens is 9. The van der Waals surface area contributed by atoms with Crippen molar-refractivity contribution in [1.29, 1.82) is 0 Å². The summed E-state index contributed by atoms with van der Waals surface area (Å²) in [7, 11) is 0. The van der Waals surface area contributed by atoms with Crippen LogP contribution in [0.5, 0.6) is 0 Å². The molecule has 0 aliphatic rings. The highest BCUT2D eigenvalue weighted by atomic mass is 35.5. The average molecular weight is 587 g/mol. The SMILES string of the molecule is O=C(Nc1ncccc1-n1cnc(Cn2nc(-c3ccc(Cl)cc3)n(C[C@H](O)C(F)(F)F)c2=O)n1)c1cnccn1. The van der Waals surface area contributed by atoms with Gasteiger partial charge in [0.25, 0.3) is 5.91 Å². The topological polar surface area (TPSA) is 159 Å². The number of aliphatic hydroxyl groups is 1. The van der Waals surface area contributed by atoms with Crippen molar-refractivity contribution in [3.63, 3.8) is 0 Å². The highest BCUT2D eigenvalue weighted by molar-refractivity contribution is 6.30. The van der Waals surface area contributed by atoms with Gasteiger partial charge in [-0.15, -0.1) is 10.2 Å². The van der Waals surface area contributed by atoms with Crippen LogP contribution in [0.4, 0.5) is 19.0 Å². The molecule has 0 radical (unpaired) electrons. The van der Waals surface area contributed by atoms with E-state index in [1.165, 1.54) is 60.1 Å². The number of halogens is 4. The first-order valence-electron chi connectivity index (χ1n) is 11.7. The number of pyridine rings is 1. The zero-order chi connectivity index (χ0) is 29.1. The number of amides is 1. The van der Waals surface area contributed by atoms with Crippen molar-refractivity contribution in [2.45, 2.75) is 25.4 Å². The number of hydrogen-bond donors (Lipinski definition) is 2. The fourth-order valence-electron chi connectivity index (χ4n) is 3.68. The summed E-state index contributed by atoms with van der Waals surface area (Å²) in [6, 6.07) is 9.15. The van der Waals surface area contributed by atoms with E-state index >= 15 is 0 Å². The van der Waals surface area contributed by atoms with Gasteiger partial charge in [0.05, 0.1) is 12.7 Å². The van der Waals surface area contributed by atoms with E-state index in [-0.39, 0.29) is 29.7 Å².